The number of fused-ring (bicyclic) bond motifs is 5. The van der Waals surface area contributed by atoms with E-state index in [0.717, 1.165) is 25.0 Å². The second-order valence-electron chi connectivity index (χ2n) is 13.1. The lowest BCUT2D eigenvalue weighted by atomic mass is 9.98. The molecule has 1 aromatic heterocycles. The van der Waals surface area contributed by atoms with Crippen LogP contribution >= 0.6 is 15.9 Å². The number of hydrogen-bond donors (Lipinski definition) is 0. The molecule has 0 saturated heterocycles. The Bertz CT molecular complexity index is 2720. The molecule has 5 aromatic carbocycles. The average Bonchev–Trinajstić information content (AvgIpc) is 3.69. The third-order valence-corrected chi connectivity index (χ3v) is 10.7. The molecule has 262 valence electrons. The van der Waals surface area contributed by atoms with Gasteiger partial charge in [0.1, 0.15) is 5.92 Å². The number of amides is 4. The highest BCUT2D eigenvalue weighted by Crippen LogP contribution is 2.39. The summed E-state index contributed by atoms with van der Waals surface area (Å²) in [5.74, 6) is -4.94. The van der Waals surface area contributed by atoms with Crippen LogP contribution in [0.1, 0.15) is 90.5 Å². The molecule has 2 aliphatic heterocycles. The van der Waals surface area contributed by atoms with Crippen molar-refractivity contribution >= 4 is 84.5 Å². The molecule has 1 aliphatic carbocycles. The van der Waals surface area contributed by atoms with E-state index in [1.165, 1.54) is 18.2 Å². The summed E-state index contributed by atoms with van der Waals surface area (Å²) >= 11 is 3.52. The van der Waals surface area contributed by atoms with Gasteiger partial charge in [0.05, 0.1) is 51.3 Å². The Morgan fingerprint density at radius 1 is 0.648 bits per heavy atom. The van der Waals surface area contributed by atoms with Crippen LogP contribution in [0.4, 0.5) is 5.69 Å². The Kier molecular flexibility index (Phi) is 7.68. The van der Waals surface area contributed by atoms with Crippen molar-refractivity contribution in [2.75, 3.05) is 18.1 Å². The summed E-state index contributed by atoms with van der Waals surface area (Å²) in [6.07, 6.45) is 0.201. The quantitative estimate of drug-likeness (QED) is 0.0726. The number of Topliss-reactive ketones (excluding diaryl/α,β-unsaturated/α-hetero) is 2. The van der Waals surface area contributed by atoms with Crippen LogP contribution in [-0.2, 0) is 4.74 Å². The van der Waals surface area contributed by atoms with Crippen LogP contribution in [0.5, 0.6) is 0 Å². The number of benzene rings is 5. The van der Waals surface area contributed by atoms with Gasteiger partial charge in [-0.2, -0.15) is 0 Å². The van der Waals surface area contributed by atoms with Crippen LogP contribution in [-0.4, -0.2) is 64.2 Å². The van der Waals surface area contributed by atoms with Crippen molar-refractivity contribution in [3.63, 3.8) is 0 Å². The van der Waals surface area contributed by atoms with Crippen LogP contribution in [0.2, 0.25) is 0 Å². The van der Waals surface area contributed by atoms with Crippen LogP contribution in [0.25, 0.3) is 21.7 Å². The fourth-order valence-corrected chi connectivity index (χ4v) is 7.88. The van der Waals surface area contributed by atoms with Gasteiger partial charge in [0, 0.05) is 27.5 Å². The monoisotopic (exact) mass is 777 g/mol. The van der Waals surface area contributed by atoms with Gasteiger partial charge in [-0.15, -0.1) is 0 Å². The van der Waals surface area contributed by atoms with E-state index in [1.54, 1.807) is 66.7 Å². The molecule has 0 N–H and O–H groups in total. The maximum absolute atomic E-state index is 13.8. The number of carbonyl (C=O) groups is 7. The van der Waals surface area contributed by atoms with E-state index >= 15 is 0 Å². The predicted molar refractivity (Wildman–Crippen MR) is 199 cm³/mol. The van der Waals surface area contributed by atoms with Crippen molar-refractivity contribution in [1.29, 1.82) is 0 Å². The number of esters is 1. The molecule has 0 bridgehead atoms. The first-order valence-electron chi connectivity index (χ1n) is 17.0. The van der Waals surface area contributed by atoms with Crippen LogP contribution in [0.15, 0.2) is 108 Å². The number of halogens is 1. The molecule has 9 rings (SSSR count). The highest BCUT2D eigenvalue weighted by atomic mass is 79.9. The van der Waals surface area contributed by atoms with E-state index in [0.29, 0.717) is 16.5 Å². The summed E-state index contributed by atoms with van der Waals surface area (Å²) in [6.45, 7) is -0.0375. The Morgan fingerprint density at radius 2 is 1.33 bits per heavy atom. The molecule has 0 fully saturated rings. The zero-order chi connectivity index (χ0) is 37.4. The number of nitrogens with zero attached hydrogens (tertiary/aromatic N) is 3. The van der Waals surface area contributed by atoms with Gasteiger partial charge in [-0.1, -0.05) is 58.4 Å². The molecule has 3 heterocycles. The number of aromatic nitrogens is 1. The number of para-hydroxylation sites is 1. The van der Waals surface area contributed by atoms with Gasteiger partial charge in [0.2, 0.25) is 0 Å². The Balaban J connectivity index is 0.939. The first kappa shape index (κ1) is 33.2. The molecule has 3 aliphatic rings. The molecule has 1 atom stereocenters. The van der Waals surface area contributed by atoms with E-state index in [2.05, 4.69) is 15.9 Å². The summed E-state index contributed by atoms with van der Waals surface area (Å²) < 4.78 is 6.17. The molecular weight excluding hydrogens is 754 g/mol. The molecule has 12 heteroatoms. The number of ketones is 2. The Morgan fingerprint density at radius 3 is 2.09 bits per heavy atom. The molecule has 1 unspecified atom stereocenters. The Hall–Kier alpha value is -6.66. The molecule has 54 heavy (non-hydrogen) atoms. The molecule has 0 spiro atoms. The van der Waals surface area contributed by atoms with Gasteiger partial charge in [-0.25, -0.2) is 14.7 Å². The van der Waals surface area contributed by atoms with E-state index in [-0.39, 0.29) is 64.3 Å². The summed E-state index contributed by atoms with van der Waals surface area (Å²) in [5, 5.41) is 2.16. The normalized spacial score (nSPS) is 16.1. The van der Waals surface area contributed by atoms with E-state index in [4.69, 9.17) is 9.72 Å². The van der Waals surface area contributed by atoms with E-state index in [9.17, 15) is 33.6 Å². The number of ether oxygens (including phenoxy) is 1. The first-order valence-corrected chi connectivity index (χ1v) is 17.8. The van der Waals surface area contributed by atoms with E-state index in [1.807, 2.05) is 18.2 Å². The molecule has 6 aromatic rings. The van der Waals surface area contributed by atoms with Crippen molar-refractivity contribution in [3.8, 4) is 0 Å². The highest BCUT2D eigenvalue weighted by molar-refractivity contribution is 9.10. The number of pyridine rings is 1. The smallest absolute Gasteiger partial charge is 0.338 e. The highest BCUT2D eigenvalue weighted by Gasteiger charge is 2.42. The second-order valence-corrected chi connectivity index (χ2v) is 14.0. The van der Waals surface area contributed by atoms with Crippen molar-refractivity contribution in [2.45, 2.75) is 12.3 Å². The van der Waals surface area contributed by atoms with Gasteiger partial charge in [-0.3, -0.25) is 33.7 Å². The average molecular weight is 779 g/mol. The van der Waals surface area contributed by atoms with Gasteiger partial charge < -0.3 is 4.74 Å². The van der Waals surface area contributed by atoms with Gasteiger partial charge >= 0.3 is 5.97 Å². The molecule has 11 nitrogen and oxygen atoms in total. The third kappa shape index (κ3) is 5.01. The minimum Gasteiger partial charge on any atom is -0.462 e. The molecule has 4 amide bonds. The second kappa shape index (κ2) is 12.5. The van der Waals surface area contributed by atoms with Crippen molar-refractivity contribution in [1.82, 2.24) is 9.88 Å². The van der Waals surface area contributed by atoms with Crippen LogP contribution in [0.3, 0.4) is 0 Å². The minimum absolute atomic E-state index is 0.0410. The summed E-state index contributed by atoms with van der Waals surface area (Å²) in [4.78, 5) is 100. The molecular formula is C42H24BrN3O8. The maximum Gasteiger partial charge on any atom is 0.338 e. The number of anilines is 1. The van der Waals surface area contributed by atoms with Crippen LogP contribution < -0.4 is 4.90 Å². The lowest BCUT2D eigenvalue weighted by Crippen LogP contribution is -2.31. The number of rotatable bonds is 7. The fraction of sp³-hybridized carbons (Fsp3) is 0.0952. The first-order chi connectivity index (χ1) is 26.1. The zero-order valence-corrected chi connectivity index (χ0v) is 29.6. The maximum atomic E-state index is 13.8. The van der Waals surface area contributed by atoms with Gasteiger partial charge in [0.25, 0.3) is 23.6 Å². The van der Waals surface area contributed by atoms with E-state index < -0.39 is 47.1 Å². The SMILES string of the molecule is O=C(OCCCN1C(=O)c2ccccc2C1=O)c1ccc2c(c1)C(=O)C(c1ccc3cccc(N4C(=O)c5cc6cccc(Br)c6cc5C4=O)c3n1)C2=O. The number of hydrogen-bond acceptors (Lipinski definition) is 9. The van der Waals surface area contributed by atoms with Crippen molar-refractivity contribution in [3.05, 3.63) is 152 Å². The predicted octanol–water partition coefficient (Wildman–Crippen LogP) is 6.96. The number of carbonyl (C=O) groups excluding carboxylic acids is 7. The summed E-state index contributed by atoms with van der Waals surface area (Å²) in [5.41, 5.74) is 2.00. The Labute approximate surface area is 314 Å². The zero-order valence-electron chi connectivity index (χ0n) is 28.0. The lowest BCUT2D eigenvalue weighted by Gasteiger charge is -2.17. The van der Waals surface area contributed by atoms with Crippen molar-refractivity contribution in [2.24, 2.45) is 0 Å². The van der Waals surface area contributed by atoms with Gasteiger partial charge in [0.15, 0.2) is 11.6 Å². The van der Waals surface area contributed by atoms with Crippen molar-refractivity contribution < 1.29 is 38.3 Å². The number of imide groups is 2. The molecule has 0 radical (unpaired) electrons. The molecule has 0 saturated carbocycles. The fourth-order valence-electron chi connectivity index (χ4n) is 7.38. The largest absolute Gasteiger partial charge is 0.462 e. The van der Waals surface area contributed by atoms with Gasteiger partial charge in [-0.05, 0) is 77.9 Å². The minimum atomic E-state index is -1.31. The summed E-state index contributed by atoms with van der Waals surface area (Å²) in [6, 6.07) is 27.9. The van der Waals surface area contributed by atoms with Crippen LogP contribution in [0, 0.1) is 0 Å². The third-order valence-electron chi connectivity index (χ3n) is 10.0. The summed E-state index contributed by atoms with van der Waals surface area (Å²) in [7, 11) is 0. The lowest BCUT2D eigenvalue weighted by molar-refractivity contribution is 0.0481. The topological polar surface area (TPSA) is 148 Å². The standard InChI is InChI=1S/C42H24BrN3O8/c43-31-10-3-7-22-18-29-30(20-27(22)31)41(52)46(40(29)51)33-11-4-6-21-13-15-32(44-35(21)33)34-36(47)24-14-12-23(19-28(24)37(34)48)42(53)54-17-5-16-45-38(49)25-8-1-2-9-26(25)39(45)50/h1-4,6-15,18-20,34H,5,16-17H2.